The lowest BCUT2D eigenvalue weighted by Crippen LogP contribution is -2.28. The van der Waals surface area contributed by atoms with Gasteiger partial charge in [0.15, 0.2) is 0 Å². The van der Waals surface area contributed by atoms with Gasteiger partial charge in [0, 0.05) is 37.9 Å². The Hall–Kier alpha value is -2.17. The quantitative estimate of drug-likeness (QED) is 0.724. The number of unbranched alkanes of at least 4 members (excludes halogenated alkanes) is 2. The van der Waals surface area contributed by atoms with Crippen LogP contribution >= 0.6 is 0 Å². The van der Waals surface area contributed by atoms with Gasteiger partial charge in [-0.15, -0.1) is 0 Å². The lowest BCUT2D eigenvalue weighted by Gasteiger charge is -2.23. The van der Waals surface area contributed by atoms with Gasteiger partial charge in [-0.2, -0.15) is 0 Å². The van der Waals surface area contributed by atoms with Gasteiger partial charge < -0.3 is 19.6 Å². The molecule has 0 N–H and O–H groups in total. The van der Waals surface area contributed by atoms with Gasteiger partial charge in [0.2, 0.25) is 0 Å². The standard InChI is InChI=1S/C19H29N5/c1-3-5-10-21-12-14-23(16-21)18-8-7-9-19(20-18)24-15-13-22(17-24)11-6-4-2/h7-9,12-15H,3-6,10-11,16-17H2,1-2H3. The van der Waals surface area contributed by atoms with E-state index >= 15 is 0 Å². The second kappa shape index (κ2) is 8.08. The van der Waals surface area contributed by atoms with Crippen LogP contribution in [0.1, 0.15) is 39.5 Å². The monoisotopic (exact) mass is 327 g/mol. The van der Waals surface area contributed by atoms with Crippen LogP contribution in [0.3, 0.4) is 0 Å². The molecular weight excluding hydrogens is 298 g/mol. The van der Waals surface area contributed by atoms with Gasteiger partial charge in [0.25, 0.3) is 0 Å². The third-order valence-electron chi connectivity index (χ3n) is 4.49. The Morgan fingerprint density at radius 1 is 0.792 bits per heavy atom. The summed E-state index contributed by atoms with van der Waals surface area (Å²) < 4.78 is 0. The van der Waals surface area contributed by atoms with E-state index in [2.05, 4.69) is 76.4 Å². The lowest BCUT2D eigenvalue weighted by atomic mass is 10.3. The zero-order valence-corrected chi connectivity index (χ0v) is 14.9. The minimum absolute atomic E-state index is 0.898. The molecule has 3 rings (SSSR count). The van der Waals surface area contributed by atoms with E-state index in [1.54, 1.807) is 0 Å². The average Bonchev–Trinajstić information content (AvgIpc) is 3.28. The lowest BCUT2D eigenvalue weighted by molar-refractivity contribution is 0.394. The topological polar surface area (TPSA) is 25.9 Å². The van der Waals surface area contributed by atoms with Crippen molar-refractivity contribution in [2.45, 2.75) is 39.5 Å². The predicted octanol–water partition coefficient (Wildman–Crippen LogP) is 3.78. The molecule has 1 aromatic heterocycles. The van der Waals surface area contributed by atoms with E-state index in [4.69, 9.17) is 4.98 Å². The molecule has 0 radical (unpaired) electrons. The minimum atomic E-state index is 0.898. The number of aromatic nitrogens is 1. The average molecular weight is 327 g/mol. The van der Waals surface area contributed by atoms with Gasteiger partial charge in [-0.1, -0.05) is 32.8 Å². The summed E-state index contributed by atoms with van der Waals surface area (Å²) in [6.45, 7) is 8.49. The van der Waals surface area contributed by atoms with Crippen LogP contribution in [0.15, 0.2) is 43.0 Å². The van der Waals surface area contributed by atoms with Crippen molar-refractivity contribution in [3.8, 4) is 0 Å². The van der Waals surface area contributed by atoms with Crippen molar-refractivity contribution in [1.82, 2.24) is 14.8 Å². The van der Waals surface area contributed by atoms with Crippen molar-refractivity contribution < 1.29 is 0 Å². The molecule has 2 aliphatic rings. The van der Waals surface area contributed by atoms with E-state index in [-0.39, 0.29) is 0 Å². The Bertz CT molecular complexity index is 536. The number of nitrogens with zero attached hydrogens (tertiary/aromatic N) is 5. The molecule has 0 spiro atoms. The molecule has 0 atom stereocenters. The van der Waals surface area contributed by atoms with Crippen molar-refractivity contribution in [3.63, 3.8) is 0 Å². The molecule has 0 aromatic carbocycles. The van der Waals surface area contributed by atoms with E-state index in [1.165, 1.54) is 25.7 Å². The maximum Gasteiger partial charge on any atom is 0.136 e. The second-order valence-electron chi connectivity index (χ2n) is 6.50. The van der Waals surface area contributed by atoms with Crippen molar-refractivity contribution in [1.29, 1.82) is 0 Å². The summed E-state index contributed by atoms with van der Waals surface area (Å²) in [5, 5.41) is 0. The summed E-state index contributed by atoms with van der Waals surface area (Å²) in [7, 11) is 0. The minimum Gasteiger partial charge on any atom is -0.358 e. The summed E-state index contributed by atoms with van der Waals surface area (Å²) in [6, 6.07) is 6.28. The van der Waals surface area contributed by atoms with Crippen LogP contribution in [0.25, 0.3) is 0 Å². The molecule has 0 amide bonds. The van der Waals surface area contributed by atoms with Crippen molar-refractivity contribution in [3.05, 3.63) is 43.0 Å². The maximum atomic E-state index is 4.86. The Kier molecular flexibility index (Phi) is 5.62. The highest BCUT2D eigenvalue weighted by Gasteiger charge is 2.18. The summed E-state index contributed by atoms with van der Waals surface area (Å²) in [4.78, 5) is 14.0. The third-order valence-corrected chi connectivity index (χ3v) is 4.49. The Labute approximate surface area is 145 Å². The van der Waals surface area contributed by atoms with Gasteiger partial charge >= 0.3 is 0 Å². The number of hydrogen-bond donors (Lipinski definition) is 0. The summed E-state index contributed by atoms with van der Waals surface area (Å²) in [5.74, 6) is 2.03. The van der Waals surface area contributed by atoms with Crippen molar-refractivity contribution >= 4 is 11.6 Å². The molecule has 0 saturated carbocycles. The number of rotatable bonds is 8. The Morgan fingerprint density at radius 2 is 1.29 bits per heavy atom. The van der Waals surface area contributed by atoms with Crippen LogP contribution in [-0.4, -0.2) is 41.2 Å². The fourth-order valence-electron chi connectivity index (χ4n) is 2.97. The Morgan fingerprint density at radius 3 is 1.75 bits per heavy atom. The van der Waals surface area contributed by atoms with Crippen LogP contribution in [0.4, 0.5) is 11.6 Å². The predicted molar refractivity (Wildman–Crippen MR) is 100 cm³/mol. The molecule has 2 aliphatic heterocycles. The molecule has 3 heterocycles. The van der Waals surface area contributed by atoms with E-state index in [9.17, 15) is 0 Å². The van der Waals surface area contributed by atoms with Gasteiger partial charge in [-0.3, -0.25) is 0 Å². The molecule has 1 aromatic rings. The molecule has 0 bridgehead atoms. The van der Waals surface area contributed by atoms with Gasteiger partial charge in [0.05, 0.1) is 13.3 Å². The van der Waals surface area contributed by atoms with Crippen LogP contribution < -0.4 is 9.80 Å². The highest BCUT2D eigenvalue weighted by molar-refractivity contribution is 5.52. The van der Waals surface area contributed by atoms with E-state index in [1.807, 2.05) is 0 Å². The van der Waals surface area contributed by atoms with Gasteiger partial charge in [0.1, 0.15) is 11.6 Å². The van der Waals surface area contributed by atoms with Crippen LogP contribution in [0, 0.1) is 0 Å². The SMILES string of the molecule is CCCCN1C=CN(c2cccc(N3C=CN(CCCC)C3)n2)C1. The van der Waals surface area contributed by atoms with E-state index in [0.29, 0.717) is 0 Å². The zero-order valence-electron chi connectivity index (χ0n) is 14.9. The Balaban J connectivity index is 1.60. The molecule has 0 saturated heterocycles. The van der Waals surface area contributed by atoms with E-state index < -0.39 is 0 Å². The van der Waals surface area contributed by atoms with Crippen molar-refractivity contribution in [2.24, 2.45) is 0 Å². The summed E-state index contributed by atoms with van der Waals surface area (Å²) in [6.07, 6.45) is 13.5. The molecule has 0 fully saturated rings. The van der Waals surface area contributed by atoms with Crippen LogP contribution in [-0.2, 0) is 0 Å². The fraction of sp³-hybridized carbons (Fsp3) is 0.526. The molecule has 5 nitrogen and oxygen atoms in total. The first-order valence-corrected chi connectivity index (χ1v) is 9.15. The van der Waals surface area contributed by atoms with Crippen LogP contribution in [0.2, 0.25) is 0 Å². The first-order chi connectivity index (χ1) is 11.8. The number of hydrogen-bond acceptors (Lipinski definition) is 5. The molecule has 130 valence electrons. The van der Waals surface area contributed by atoms with E-state index in [0.717, 1.165) is 38.1 Å². The smallest absolute Gasteiger partial charge is 0.136 e. The second-order valence-corrected chi connectivity index (χ2v) is 6.50. The van der Waals surface area contributed by atoms with Gasteiger partial charge in [-0.05, 0) is 25.0 Å². The molecule has 24 heavy (non-hydrogen) atoms. The largest absolute Gasteiger partial charge is 0.358 e. The molecule has 0 unspecified atom stereocenters. The first-order valence-electron chi connectivity index (χ1n) is 9.15. The van der Waals surface area contributed by atoms with Gasteiger partial charge in [-0.25, -0.2) is 4.98 Å². The zero-order chi connectivity index (χ0) is 16.8. The summed E-state index contributed by atoms with van der Waals surface area (Å²) in [5.41, 5.74) is 0. The normalized spacial score (nSPS) is 16.8. The van der Waals surface area contributed by atoms with Crippen molar-refractivity contribution in [2.75, 3.05) is 36.2 Å². The molecule has 5 heteroatoms. The third kappa shape index (κ3) is 4.02. The summed E-state index contributed by atoms with van der Waals surface area (Å²) >= 11 is 0. The maximum absolute atomic E-state index is 4.86. The molecule has 0 aliphatic carbocycles. The molecular formula is C19H29N5. The highest BCUT2D eigenvalue weighted by Crippen LogP contribution is 2.23. The number of pyridine rings is 1. The highest BCUT2D eigenvalue weighted by atomic mass is 15.4. The number of anilines is 2. The fourth-order valence-corrected chi connectivity index (χ4v) is 2.97. The van der Waals surface area contributed by atoms with Crippen LogP contribution in [0.5, 0.6) is 0 Å². The first kappa shape index (κ1) is 16.7.